The third-order valence-corrected chi connectivity index (χ3v) is 3.44. The molecule has 0 radical (unpaired) electrons. The van der Waals surface area contributed by atoms with Crippen LogP contribution >= 0.6 is 15.9 Å². The van der Waals surface area contributed by atoms with Crippen molar-refractivity contribution in [1.82, 2.24) is 9.97 Å². The van der Waals surface area contributed by atoms with Crippen LogP contribution in [0.15, 0.2) is 40.9 Å². The minimum atomic E-state index is -0.502. The van der Waals surface area contributed by atoms with Gasteiger partial charge in [-0.25, -0.2) is 4.98 Å². The van der Waals surface area contributed by atoms with E-state index in [1.54, 1.807) is 6.07 Å². The summed E-state index contributed by atoms with van der Waals surface area (Å²) < 4.78 is 0.934. The molecule has 1 heterocycles. The Morgan fingerprint density at radius 1 is 1.25 bits per heavy atom. The molecule has 0 saturated heterocycles. The quantitative estimate of drug-likeness (QED) is 0.426. The Kier molecular flexibility index (Phi) is 2.90. The number of nitrogens with two attached hydrogens (primary N) is 1. The van der Waals surface area contributed by atoms with E-state index in [2.05, 4.69) is 25.9 Å². The average molecular weight is 333 g/mol. The highest BCUT2D eigenvalue weighted by atomic mass is 79.9. The first-order valence-electron chi connectivity index (χ1n) is 5.74. The standard InChI is InChI=1S/C13H9BrN4O2/c14-8-2-4-10-11(6-8)17-13(16-10)7-1-3-9(15)12(5-7)18(19)20/h1-6H,15H2,(H,16,17). The number of rotatable bonds is 2. The van der Waals surface area contributed by atoms with Gasteiger partial charge in [-0.1, -0.05) is 15.9 Å². The van der Waals surface area contributed by atoms with Gasteiger partial charge in [-0.05, 0) is 30.3 Å². The first-order chi connectivity index (χ1) is 9.54. The summed E-state index contributed by atoms with van der Waals surface area (Å²) in [4.78, 5) is 18.0. The number of imidazole rings is 1. The molecule has 0 aliphatic rings. The Morgan fingerprint density at radius 2 is 2.05 bits per heavy atom. The molecule has 0 amide bonds. The predicted molar refractivity (Wildman–Crippen MR) is 80.3 cm³/mol. The van der Waals surface area contributed by atoms with E-state index in [4.69, 9.17) is 5.73 Å². The monoisotopic (exact) mass is 332 g/mol. The van der Waals surface area contributed by atoms with Crippen LogP contribution in [0.25, 0.3) is 22.4 Å². The third kappa shape index (κ3) is 2.12. The maximum atomic E-state index is 10.9. The molecule has 6 nitrogen and oxygen atoms in total. The van der Waals surface area contributed by atoms with Gasteiger partial charge in [0.05, 0.1) is 16.0 Å². The van der Waals surface area contributed by atoms with Gasteiger partial charge in [0.25, 0.3) is 5.69 Å². The zero-order valence-corrected chi connectivity index (χ0v) is 11.7. The molecule has 7 heteroatoms. The van der Waals surface area contributed by atoms with Crippen molar-refractivity contribution in [3.8, 4) is 11.4 Å². The molecule has 0 saturated carbocycles. The predicted octanol–water partition coefficient (Wildman–Crippen LogP) is 3.48. The molecule has 20 heavy (non-hydrogen) atoms. The van der Waals surface area contributed by atoms with Crippen LogP contribution in [0.4, 0.5) is 11.4 Å². The lowest BCUT2D eigenvalue weighted by molar-refractivity contribution is -0.383. The number of hydrogen-bond acceptors (Lipinski definition) is 4. The van der Waals surface area contributed by atoms with Crippen LogP contribution in [0.2, 0.25) is 0 Å². The van der Waals surface area contributed by atoms with Crippen molar-refractivity contribution in [1.29, 1.82) is 0 Å². The number of nitrogens with zero attached hydrogens (tertiary/aromatic N) is 2. The molecule has 1 aromatic heterocycles. The van der Waals surface area contributed by atoms with Crippen molar-refractivity contribution in [2.75, 3.05) is 5.73 Å². The van der Waals surface area contributed by atoms with Crippen LogP contribution in [-0.4, -0.2) is 14.9 Å². The number of nitro groups is 1. The van der Waals surface area contributed by atoms with Gasteiger partial charge in [0.15, 0.2) is 0 Å². The molecule has 0 aliphatic carbocycles. The van der Waals surface area contributed by atoms with Gasteiger partial charge in [-0.2, -0.15) is 0 Å². The highest BCUT2D eigenvalue weighted by molar-refractivity contribution is 9.10. The second-order valence-corrected chi connectivity index (χ2v) is 5.19. The van der Waals surface area contributed by atoms with Crippen molar-refractivity contribution in [3.05, 3.63) is 51.0 Å². The number of nitrogens with one attached hydrogen (secondary N) is 1. The largest absolute Gasteiger partial charge is 0.393 e. The van der Waals surface area contributed by atoms with E-state index in [-0.39, 0.29) is 11.4 Å². The van der Waals surface area contributed by atoms with Gasteiger partial charge in [0.2, 0.25) is 0 Å². The van der Waals surface area contributed by atoms with Crippen molar-refractivity contribution < 1.29 is 4.92 Å². The first kappa shape index (κ1) is 12.6. The average Bonchev–Trinajstić information content (AvgIpc) is 2.81. The van der Waals surface area contributed by atoms with E-state index >= 15 is 0 Å². The molecule has 0 unspecified atom stereocenters. The Bertz CT molecular complexity index is 828. The van der Waals surface area contributed by atoms with Gasteiger partial charge >= 0.3 is 0 Å². The number of aromatic amines is 1. The van der Waals surface area contributed by atoms with Crippen LogP contribution in [0, 0.1) is 10.1 Å². The van der Waals surface area contributed by atoms with E-state index in [0.29, 0.717) is 11.4 Å². The van der Waals surface area contributed by atoms with Crippen molar-refractivity contribution >= 4 is 38.3 Å². The van der Waals surface area contributed by atoms with E-state index in [0.717, 1.165) is 15.5 Å². The van der Waals surface area contributed by atoms with Gasteiger partial charge in [-0.3, -0.25) is 10.1 Å². The number of H-pyrrole nitrogens is 1. The molecule has 0 aliphatic heterocycles. The topological polar surface area (TPSA) is 97.8 Å². The number of benzene rings is 2. The number of nitro benzene ring substituents is 1. The minimum absolute atomic E-state index is 0.121. The molecule has 0 bridgehead atoms. The second-order valence-electron chi connectivity index (χ2n) is 4.28. The highest BCUT2D eigenvalue weighted by Gasteiger charge is 2.14. The van der Waals surface area contributed by atoms with E-state index in [1.807, 2.05) is 18.2 Å². The summed E-state index contributed by atoms with van der Waals surface area (Å²) in [6.07, 6.45) is 0. The number of fused-ring (bicyclic) bond motifs is 1. The summed E-state index contributed by atoms with van der Waals surface area (Å²) >= 11 is 3.38. The molecular weight excluding hydrogens is 324 g/mol. The molecule has 3 aromatic rings. The van der Waals surface area contributed by atoms with Crippen molar-refractivity contribution in [2.24, 2.45) is 0 Å². The highest BCUT2D eigenvalue weighted by Crippen LogP contribution is 2.29. The Morgan fingerprint density at radius 3 is 2.80 bits per heavy atom. The summed E-state index contributed by atoms with van der Waals surface area (Å²) in [7, 11) is 0. The summed E-state index contributed by atoms with van der Waals surface area (Å²) in [6, 6.07) is 10.3. The van der Waals surface area contributed by atoms with E-state index in [9.17, 15) is 10.1 Å². The lowest BCUT2D eigenvalue weighted by Crippen LogP contribution is -1.96. The zero-order chi connectivity index (χ0) is 14.3. The Labute approximate surface area is 121 Å². The Balaban J connectivity index is 2.15. The minimum Gasteiger partial charge on any atom is -0.393 e. The third-order valence-electron chi connectivity index (χ3n) is 2.94. The van der Waals surface area contributed by atoms with Crippen LogP contribution in [-0.2, 0) is 0 Å². The molecule has 0 atom stereocenters. The molecule has 3 N–H and O–H groups in total. The maximum Gasteiger partial charge on any atom is 0.292 e. The second kappa shape index (κ2) is 4.61. The van der Waals surface area contributed by atoms with Crippen molar-refractivity contribution in [2.45, 2.75) is 0 Å². The lowest BCUT2D eigenvalue weighted by atomic mass is 10.1. The first-order valence-corrected chi connectivity index (χ1v) is 6.53. The molecule has 0 spiro atoms. The van der Waals surface area contributed by atoms with Crippen LogP contribution in [0.3, 0.4) is 0 Å². The van der Waals surface area contributed by atoms with E-state index < -0.39 is 4.92 Å². The van der Waals surface area contributed by atoms with Crippen LogP contribution < -0.4 is 5.73 Å². The number of aromatic nitrogens is 2. The summed E-state index contributed by atoms with van der Waals surface area (Å²) in [6.45, 7) is 0. The maximum absolute atomic E-state index is 10.9. The molecule has 0 fully saturated rings. The van der Waals surface area contributed by atoms with Crippen LogP contribution in [0.1, 0.15) is 0 Å². The summed E-state index contributed by atoms with van der Waals surface area (Å²) in [5, 5.41) is 10.9. The summed E-state index contributed by atoms with van der Waals surface area (Å²) in [5.74, 6) is 0.571. The number of halogens is 1. The zero-order valence-electron chi connectivity index (χ0n) is 10.1. The smallest absolute Gasteiger partial charge is 0.292 e. The number of nitrogen functional groups attached to an aromatic ring is 1. The summed E-state index contributed by atoms with van der Waals surface area (Å²) in [5.41, 5.74) is 7.87. The van der Waals surface area contributed by atoms with Gasteiger partial charge < -0.3 is 10.7 Å². The SMILES string of the molecule is Nc1ccc(-c2nc3ccc(Br)cc3[nH]2)cc1[N+](=O)[O-]. The number of anilines is 1. The van der Waals surface area contributed by atoms with Gasteiger partial charge in [0.1, 0.15) is 11.5 Å². The normalized spacial score (nSPS) is 10.8. The van der Waals surface area contributed by atoms with Crippen molar-refractivity contribution in [3.63, 3.8) is 0 Å². The number of hydrogen-bond donors (Lipinski definition) is 2. The fourth-order valence-corrected chi connectivity index (χ4v) is 2.33. The van der Waals surface area contributed by atoms with E-state index in [1.165, 1.54) is 12.1 Å². The van der Waals surface area contributed by atoms with Gasteiger partial charge in [0, 0.05) is 16.1 Å². The fourth-order valence-electron chi connectivity index (χ4n) is 1.97. The van der Waals surface area contributed by atoms with Gasteiger partial charge in [-0.15, -0.1) is 0 Å². The lowest BCUT2D eigenvalue weighted by Gasteiger charge is -1.99. The molecule has 100 valence electrons. The molecular formula is C13H9BrN4O2. The Hall–Kier alpha value is -2.41. The fraction of sp³-hybridized carbons (Fsp3) is 0. The molecule has 2 aromatic carbocycles. The molecule has 3 rings (SSSR count). The van der Waals surface area contributed by atoms with Crippen LogP contribution in [0.5, 0.6) is 0 Å².